The number of anilines is 1. The van der Waals surface area contributed by atoms with Gasteiger partial charge < -0.3 is 19.6 Å². The summed E-state index contributed by atoms with van der Waals surface area (Å²) >= 11 is 0. The summed E-state index contributed by atoms with van der Waals surface area (Å²) < 4.78 is 50.8. The number of rotatable bonds is 5. The first-order valence-electron chi connectivity index (χ1n) is 9.88. The number of alkyl halides is 3. The van der Waals surface area contributed by atoms with E-state index >= 15 is 0 Å². The van der Waals surface area contributed by atoms with Crippen LogP contribution in [0.15, 0.2) is 12.4 Å². The fourth-order valence-corrected chi connectivity index (χ4v) is 4.19. The molecule has 0 radical (unpaired) electrons. The Morgan fingerprint density at radius 3 is 2.47 bits per heavy atom. The van der Waals surface area contributed by atoms with Crippen molar-refractivity contribution in [1.82, 2.24) is 14.9 Å². The van der Waals surface area contributed by atoms with Crippen molar-refractivity contribution in [2.75, 3.05) is 51.3 Å². The average molecular weight is 434 g/mol. The minimum Gasteiger partial charge on any atom is -0.475 e. The maximum absolute atomic E-state index is 13.0. The molecule has 2 atom stereocenters. The van der Waals surface area contributed by atoms with Crippen molar-refractivity contribution in [3.05, 3.63) is 18.2 Å². The highest BCUT2D eigenvalue weighted by molar-refractivity contribution is 5.73. The van der Waals surface area contributed by atoms with Crippen molar-refractivity contribution in [3.63, 3.8) is 0 Å². The first-order valence-corrected chi connectivity index (χ1v) is 9.88. The Labute approximate surface area is 172 Å². The van der Waals surface area contributed by atoms with Gasteiger partial charge in [0.15, 0.2) is 5.82 Å². The van der Waals surface area contributed by atoms with E-state index in [9.17, 15) is 17.6 Å². The number of nitrogens with zero attached hydrogens (tertiary/aromatic N) is 4. The second-order valence-electron chi connectivity index (χ2n) is 8.41. The zero-order valence-electron chi connectivity index (χ0n) is 16.7. The van der Waals surface area contributed by atoms with Crippen LogP contribution in [0.2, 0.25) is 0 Å². The number of likely N-dealkylation sites (tertiary alicyclic amines) is 1. The molecule has 2 saturated heterocycles. The van der Waals surface area contributed by atoms with Crippen LogP contribution in [-0.2, 0) is 9.53 Å². The number of aliphatic carboxylic acids is 1. The van der Waals surface area contributed by atoms with Crippen molar-refractivity contribution in [1.29, 1.82) is 0 Å². The molecule has 168 valence electrons. The highest BCUT2D eigenvalue weighted by atomic mass is 19.4. The van der Waals surface area contributed by atoms with Crippen LogP contribution in [0.4, 0.5) is 23.5 Å². The highest BCUT2D eigenvalue weighted by Crippen LogP contribution is 2.44. The molecule has 3 heterocycles. The van der Waals surface area contributed by atoms with E-state index in [0.717, 1.165) is 51.7 Å². The van der Waals surface area contributed by atoms with Crippen LogP contribution in [0, 0.1) is 23.1 Å². The summed E-state index contributed by atoms with van der Waals surface area (Å²) in [6.07, 6.45) is 1.24. The fraction of sp³-hybridized carbons (Fsp3) is 0.737. The Kier molecular flexibility index (Phi) is 6.81. The van der Waals surface area contributed by atoms with Crippen molar-refractivity contribution in [3.8, 4) is 0 Å². The molecule has 11 heteroatoms. The Morgan fingerprint density at radius 1 is 1.27 bits per heavy atom. The quantitative estimate of drug-likeness (QED) is 0.713. The van der Waals surface area contributed by atoms with Gasteiger partial charge in [0.2, 0.25) is 5.95 Å². The molecule has 3 fully saturated rings. The molecule has 1 N–H and O–H groups in total. The van der Waals surface area contributed by atoms with Crippen LogP contribution in [0.25, 0.3) is 0 Å². The van der Waals surface area contributed by atoms with Gasteiger partial charge in [-0.25, -0.2) is 19.2 Å². The van der Waals surface area contributed by atoms with E-state index < -0.39 is 12.1 Å². The van der Waals surface area contributed by atoms with Gasteiger partial charge in [0.25, 0.3) is 0 Å². The average Bonchev–Trinajstić information content (AvgIpc) is 3.31. The van der Waals surface area contributed by atoms with Gasteiger partial charge in [-0.05, 0) is 32.2 Å². The Morgan fingerprint density at radius 2 is 1.90 bits per heavy atom. The van der Waals surface area contributed by atoms with Crippen molar-refractivity contribution >= 4 is 11.9 Å². The number of hydrogen-bond donors (Lipinski definition) is 1. The van der Waals surface area contributed by atoms with Gasteiger partial charge in [-0.15, -0.1) is 0 Å². The number of carboxylic acids is 1. The van der Waals surface area contributed by atoms with Crippen molar-refractivity contribution < 1.29 is 32.2 Å². The number of ether oxygens (including phenoxy) is 1. The summed E-state index contributed by atoms with van der Waals surface area (Å²) in [5.41, 5.74) is 0.260. The van der Waals surface area contributed by atoms with Gasteiger partial charge in [0.1, 0.15) is 0 Å². The minimum absolute atomic E-state index is 0.260. The first-order chi connectivity index (χ1) is 14.1. The van der Waals surface area contributed by atoms with Crippen LogP contribution >= 0.6 is 0 Å². The highest BCUT2D eigenvalue weighted by Gasteiger charge is 2.50. The van der Waals surface area contributed by atoms with Gasteiger partial charge in [-0.3, -0.25) is 0 Å². The standard InChI is InChI=1S/C17H25FN4O.C2HF3O2/c1-21-8-14(10-23-9-13-2-3-13)17(11-21)4-5-22(12-17)16-19-6-15(18)7-20-16;3-2(4,5)1(6)7/h6-7,13-14H,2-5,8-12H2,1H3;(H,6,7)/t14-,17+;/m0./s1. The molecule has 1 saturated carbocycles. The Balaban J connectivity index is 0.000000318. The Hall–Kier alpha value is -2.01. The van der Waals surface area contributed by atoms with Gasteiger partial charge >= 0.3 is 12.1 Å². The van der Waals surface area contributed by atoms with Crippen LogP contribution < -0.4 is 4.90 Å². The van der Waals surface area contributed by atoms with Crippen LogP contribution in [0.1, 0.15) is 19.3 Å². The third kappa shape index (κ3) is 5.78. The summed E-state index contributed by atoms with van der Waals surface area (Å²) in [6.45, 7) is 5.88. The maximum Gasteiger partial charge on any atom is 0.490 e. The molecule has 4 rings (SSSR count). The summed E-state index contributed by atoms with van der Waals surface area (Å²) in [6, 6.07) is 0. The zero-order chi connectivity index (χ0) is 21.9. The molecule has 2 aliphatic heterocycles. The van der Waals surface area contributed by atoms with E-state index in [2.05, 4.69) is 26.8 Å². The summed E-state index contributed by atoms with van der Waals surface area (Å²) in [5, 5.41) is 7.12. The van der Waals surface area contributed by atoms with Gasteiger partial charge in [0.05, 0.1) is 19.0 Å². The number of carbonyl (C=O) groups is 1. The lowest BCUT2D eigenvalue weighted by Gasteiger charge is -2.30. The maximum atomic E-state index is 13.0. The molecule has 0 aromatic carbocycles. The molecule has 0 amide bonds. The monoisotopic (exact) mass is 434 g/mol. The molecule has 0 unspecified atom stereocenters. The van der Waals surface area contributed by atoms with Crippen molar-refractivity contribution in [2.24, 2.45) is 17.3 Å². The molecular formula is C19H26F4N4O3. The van der Waals surface area contributed by atoms with Crippen LogP contribution in [0.5, 0.6) is 0 Å². The van der Waals surface area contributed by atoms with Gasteiger partial charge in [-0.1, -0.05) is 0 Å². The second-order valence-corrected chi connectivity index (χ2v) is 8.41. The van der Waals surface area contributed by atoms with Crippen molar-refractivity contribution in [2.45, 2.75) is 25.4 Å². The molecule has 1 aromatic heterocycles. The normalized spacial score (nSPS) is 26.7. The van der Waals surface area contributed by atoms with Crippen LogP contribution in [-0.4, -0.2) is 78.6 Å². The summed E-state index contributed by atoms with van der Waals surface area (Å²) in [4.78, 5) is 21.8. The number of aromatic nitrogens is 2. The predicted octanol–water partition coefficient (Wildman–Crippen LogP) is 2.43. The van der Waals surface area contributed by atoms with E-state index in [1.54, 1.807) is 0 Å². The molecule has 7 nitrogen and oxygen atoms in total. The third-order valence-electron chi connectivity index (χ3n) is 5.87. The minimum atomic E-state index is -5.08. The van der Waals surface area contributed by atoms with E-state index in [4.69, 9.17) is 14.6 Å². The Bertz CT molecular complexity index is 729. The molecule has 1 aliphatic carbocycles. The smallest absolute Gasteiger partial charge is 0.475 e. The van der Waals surface area contributed by atoms with E-state index in [0.29, 0.717) is 11.9 Å². The largest absolute Gasteiger partial charge is 0.490 e. The lowest BCUT2D eigenvalue weighted by Crippen LogP contribution is -2.36. The third-order valence-corrected chi connectivity index (χ3v) is 5.87. The predicted molar refractivity (Wildman–Crippen MR) is 99.5 cm³/mol. The molecular weight excluding hydrogens is 408 g/mol. The molecule has 1 aromatic rings. The summed E-state index contributed by atoms with van der Waals surface area (Å²) in [7, 11) is 2.19. The molecule has 3 aliphatic rings. The zero-order valence-corrected chi connectivity index (χ0v) is 16.7. The summed E-state index contributed by atoms with van der Waals surface area (Å²) in [5.74, 6) is -1.10. The lowest BCUT2D eigenvalue weighted by atomic mass is 9.77. The van der Waals surface area contributed by atoms with Crippen LogP contribution in [0.3, 0.4) is 0 Å². The topological polar surface area (TPSA) is 78.8 Å². The number of carboxylic acid groups (broad SMARTS) is 1. The first kappa shape index (κ1) is 22.7. The lowest BCUT2D eigenvalue weighted by molar-refractivity contribution is -0.192. The molecule has 30 heavy (non-hydrogen) atoms. The number of halogens is 4. The van der Waals surface area contributed by atoms with Gasteiger partial charge in [0, 0.05) is 44.1 Å². The molecule has 0 bridgehead atoms. The number of hydrogen-bond acceptors (Lipinski definition) is 6. The SMILES string of the molecule is CN1C[C@@H](COCC2CC2)[C@]2(CCN(c3ncc(F)cn3)C2)C1.O=C(O)C(F)(F)F. The fourth-order valence-electron chi connectivity index (χ4n) is 4.19. The molecule has 1 spiro atoms. The van der Waals surface area contributed by atoms with E-state index in [1.165, 1.54) is 25.2 Å². The van der Waals surface area contributed by atoms with E-state index in [-0.39, 0.29) is 11.2 Å². The second kappa shape index (κ2) is 9.01. The van der Waals surface area contributed by atoms with Gasteiger partial charge in [-0.2, -0.15) is 13.2 Å². The van der Waals surface area contributed by atoms with E-state index in [1.807, 2.05) is 0 Å².